The van der Waals surface area contributed by atoms with E-state index in [0.29, 0.717) is 28.4 Å². The molecule has 0 amide bonds. The molecule has 1 aromatic carbocycles. The fourth-order valence-electron chi connectivity index (χ4n) is 3.14. The molecule has 1 aliphatic heterocycles. The molecular weight excluding hydrogens is 418 g/mol. The molecule has 2 N–H and O–H groups in total. The van der Waals surface area contributed by atoms with Crippen LogP contribution in [-0.2, 0) is 4.74 Å². The molecule has 0 fully saturated rings. The van der Waals surface area contributed by atoms with Crippen molar-refractivity contribution in [1.29, 1.82) is 5.41 Å². The number of hydrogen-bond donors (Lipinski definition) is 2. The van der Waals surface area contributed by atoms with Gasteiger partial charge >= 0.3 is 5.97 Å². The number of ether oxygens (including phenoxy) is 1. The molecule has 3 aromatic rings. The second kappa shape index (κ2) is 8.81. The van der Waals surface area contributed by atoms with E-state index in [4.69, 9.17) is 10.1 Å². The van der Waals surface area contributed by atoms with Gasteiger partial charge < -0.3 is 14.7 Å². The third kappa shape index (κ3) is 4.01. The maximum atomic E-state index is 12.3. The predicted molar refractivity (Wildman–Crippen MR) is 122 cm³/mol. The minimum absolute atomic E-state index is 0.100. The van der Waals surface area contributed by atoms with Crippen molar-refractivity contribution in [3.8, 4) is 10.6 Å². The van der Waals surface area contributed by atoms with Crippen LogP contribution in [0.3, 0.4) is 0 Å². The van der Waals surface area contributed by atoms with Crippen molar-refractivity contribution >= 4 is 45.7 Å². The van der Waals surface area contributed by atoms with Gasteiger partial charge in [-0.2, -0.15) is 0 Å². The van der Waals surface area contributed by atoms with E-state index in [0.717, 1.165) is 23.4 Å². The zero-order chi connectivity index (χ0) is 21.1. The van der Waals surface area contributed by atoms with Crippen molar-refractivity contribution in [1.82, 2.24) is 4.98 Å². The van der Waals surface area contributed by atoms with Crippen LogP contribution in [0.25, 0.3) is 16.1 Å². The molecule has 4 rings (SSSR count). The second-order valence-corrected chi connectivity index (χ2v) is 8.62. The highest BCUT2D eigenvalue weighted by atomic mass is 32.1. The van der Waals surface area contributed by atoms with Crippen LogP contribution in [0.4, 0.5) is 5.69 Å². The molecule has 0 spiro atoms. The number of anilines is 1. The number of aromatic nitrogens is 1. The van der Waals surface area contributed by atoms with Crippen LogP contribution >= 0.6 is 22.7 Å². The predicted octanol–water partition coefficient (Wildman–Crippen LogP) is 5.60. The molecule has 0 bridgehead atoms. The summed E-state index contributed by atoms with van der Waals surface area (Å²) in [6.45, 7) is 2.59. The lowest BCUT2D eigenvalue weighted by atomic mass is 10.2. The summed E-state index contributed by atoms with van der Waals surface area (Å²) in [5, 5.41) is 23.7. The van der Waals surface area contributed by atoms with Crippen molar-refractivity contribution in [2.45, 2.75) is 19.8 Å². The summed E-state index contributed by atoms with van der Waals surface area (Å²) in [6.07, 6.45) is 1.78. The standard InChI is InChI=1S/C22H21N3O3S2/c1-2-3-9-28-22(27)14-6-4-7-15(11-14)25-12-17(26)19(20(25)23)21-24-16(13-30-21)18-8-5-10-29-18/h4-8,10-11,13,23,26H,2-3,9,12H2,1H3. The highest BCUT2D eigenvalue weighted by Crippen LogP contribution is 2.35. The number of esters is 1. The zero-order valence-corrected chi connectivity index (χ0v) is 18.1. The van der Waals surface area contributed by atoms with Gasteiger partial charge in [0.1, 0.15) is 16.6 Å². The first-order chi connectivity index (χ1) is 14.6. The topological polar surface area (TPSA) is 86.5 Å². The summed E-state index contributed by atoms with van der Waals surface area (Å²) in [5.41, 5.74) is 2.35. The number of amidine groups is 1. The summed E-state index contributed by atoms with van der Waals surface area (Å²) in [4.78, 5) is 19.6. The normalized spacial score (nSPS) is 13.9. The van der Waals surface area contributed by atoms with E-state index in [1.165, 1.54) is 11.3 Å². The Morgan fingerprint density at radius 2 is 2.17 bits per heavy atom. The Morgan fingerprint density at radius 3 is 2.93 bits per heavy atom. The first-order valence-electron chi connectivity index (χ1n) is 9.64. The van der Waals surface area contributed by atoms with E-state index in [-0.39, 0.29) is 24.1 Å². The fourth-order valence-corrected chi connectivity index (χ4v) is 4.79. The van der Waals surface area contributed by atoms with E-state index >= 15 is 0 Å². The van der Waals surface area contributed by atoms with Crippen molar-refractivity contribution in [2.24, 2.45) is 0 Å². The average molecular weight is 440 g/mol. The van der Waals surface area contributed by atoms with Crippen molar-refractivity contribution in [3.63, 3.8) is 0 Å². The third-order valence-corrected chi connectivity index (χ3v) is 6.47. The zero-order valence-electron chi connectivity index (χ0n) is 16.4. The molecule has 0 radical (unpaired) electrons. The molecule has 0 saturated carbocycles. The van der Waals surface area contributed by atoms with Crippen LogP contribution in [0.1, 0.15) is 35.1 Å². The first-order valence-corrected chi connectivity index (χ1v) is 11.4. The number of aliphatic hydroxyl groups is 1. The largest absolute Gasteiger partial charge is 0.510 e. The van der Waals surface area contributed by atoms with Gasteiger partial charge in [0, 0.05) is 11.1 Å². The number of benzene rings is 1. The van der Waals surface area contributed by atoms with E-state index in [2.05, 4.69) is 4.98 Å². The van der Waals surface area contributed by atoms with Crippen LogP contribution in [0.5, 0.6) is 0 Å². The van der Waals surface area contributed by atoms with E-state index in [1.54, 1.807) is 34.4 Å². The quantitative estimate of drug-likeness (QED) is 0.370. The minimum Gasteiger partial charge on any atom is -0.510 e. The Morgan fingerprint density at radius 1 is 1.30 bits per heavy atom. The fraction of sp³-hybridized carbons (Fsp3) is 0.227. The van der Waals surface area contributed by atoms with Gasteiger partial charge in [0.15, 0.2) is 0 Å². The number of aliphatic hydroxyl groups excluding tert-OH is 1. The maximum Gasteiger partial charge on any atom is 0.338 e. The van der Waals surface area contributed by atoms with Crippen LogP contribution in [0, 0.1) is 5.41 Å². The summed E-state index contributed by atoms with van der Waals surface area (Å²) < 4.78 is 5.28. The number of nitrogens with one attached hydrogen (secondary N) is 1. The van der Waals surface area contributed by atoms with Gasteiger partial charge in [0.25, 0.3) is 0 Å². The SMILES string of the molecule is CCCCOC(=O)c1cccc(N2CC(O)=C(c3nc(-c4cccs4)cs3)C2=N)c1. The maximum absolute atomic E-state index is 12.3. The smallest absolute Gasteiger partial charge is 0.338 e. The van der Waals surface area contributed by atoms with E-state index in [1.807, 2.05) is 35.9 Å². The molecule has 2 aromatic heterocycles. The molecule has 30 heavy (non-hydrogen) atoms. The Balaban J connectivity index is 1.54. The monoisotopic (exact) mass is 439 g/mol. The van der Waals surface area contributed by atoms with Crippen LogP contribution in [-0.4, -0.2) is 35.0 Å². The molecule has 3 heterocycles. The number of nitrogens with zero attached hydrogens (tertiary/aromatic N) is 2. The number of carbonyl (C=O) groups is 1. The molecular formula is C22H21N3O3S2. The van der Waals surface area contributed by atoms with Crippen molar-refractivity contribution in [3.05, 3.63) is 63.5 Å². The van der Waals surface area contributed by atoms with Gasteiger partial charge in [-0.3, -0.25) is 5.41 Å². The summed E-state index contributed by atoms with van der Waals surface area (Å²) in [5.74, 6) is -0.118. The number of unbranched alkanes of at least 4 members (excludes halogenated alkanes) is 1. The number of hydrogen-bond acceptors (Lipinski definition) is 7. The summed E-state index contributed by atoms with van der Waals surface area (Å²) in [7, 11) is 0. The minimum atomic E-state index is -0.381. The molecule has 0 unspecified atom stereocenters. The van der Waals surface area contributed by atoms with Crippen LogP contribution in [0.15, 0.2) is 52.9 Å². The Kier molecular flexibility index (Phi) is 5.96. The van der Waals surface area contributed by atoms with Crippen molar-refractivity contribution < 1.29 is 14.6 Å². The number of carbonyl (C=O) groups excluding carboxylic acids is 1. The Bertz CT molecular complexity index is 1100. The van der Waals surface area contributed by atoms with E-state index < -0.39 is 0 Å². The van der Waals surface area contributed by atoms with Gasteiger partial charge in [-0.05, 0) is 36.1 Å². The summed E-state index contributed by atoms with van der Waals surface area (Å²) in [6, 6.07) is 10.9. The summed E-state index contributed by atoms with van der Waals surface area (Å²) >= 11 is 3.00. The lowest BCUT2D eigenvalue weighted by molar-refractivity contribution is 0.0500. The molecule has 8 heteroatoms. The van der Waals surface area contributed by atoms with Crippen LogP contribution in [0.2, 0.25) is 0 Å². The third-order valence-electron chi connectivity index (χ3n) is 4.72. The lowest BCUT2D eigenvalue weighted by Gasteiger charge is -2.19. The molecule has 0 atom stereocenters. The molecule has 1 aliphatic rings. The number of rotatable bonds is 7. The molecule has 154 valence electrons. The molecule has 0 aliphatic carbocycles. The first kappa shape index (κ1) is 20.3. The number of thiophene rings is 1. The average Bonchev–Trinajstić information content (AvgIpc) is 3.48. The van der Waals surface area contributed by atoms with E-state index in [9.17, 15) is 9.90 Å². The number of thiazole rings is 1. The molecule has 6 nitrogen and oxygen atoms in total. The highest BCUT2D eigenvalue weighted by molar-refractivity contribution is 7.14. The molecule has 0 saturated heterocycles. The van der Waals surface area contributed by atoms with Crippen molar-refractivity contribution in [2.75, 3.05) is 18.1 Å². The Hall–Kier alpha value is -2.97. The van der Waals surface area contributed by atoms with Gasteiger partial charge in [-0.1, -0.05) is 25.5 Å². The lowest BCUT2D eigenvalue weighted by Crippen LogP contribution is -2.26. The van der Waals surface area contributed by atoms with Gasteiger partial charge in [0.2, 0.25) is 0 Å². The van der Waals surface area contributed by atoms with Gasteiger partial charge in [0.05, 0.1) is 34.9 Å². The van der Waals surface area contributed by atoms with Crippen LogP contribution < -0.4 is 4.90 Å². The second-order valence-electron chi connectivity index (χ2n) is 6.81. The van der Waals surface area contributed by atoms with Gasteiger partial charge in [-0.15, -0.1) is 22.7 Å². The van der Waals surface area contributed by atoms with Gasteiger partial charge in [-0.25, -0.2) is 9.78 Å². The Labute approximate surface area is 182 Å². The highest BCUT2D eigenvalue weighted by Gasteiger charge is 2.31.